The van der Waals surface area contributed by atoms with Gasteiger partial charge in [0.25, 0.3) is 0 Å². The molecule has 0 saturated heterocycles. The van der Waals surface area contributed by atoms with E-state index in [4.69, 9.17) is 5.11 Å². The lowest BCUT2D eigenvalue weighted by atomic mass is 10.1. The lowest BCUT2D eigenvalue weighted by Crippen LogP contribution is -2.21. The first-order valence-electron chi connectivity index (χ1n) is 6.75. The number of alkyl halides is 3. The van der Waals surface area contributed by atoms with Crippen LogP contribution in [0.5, 0.6) is 0 Å². The average Bonchev–Trinajstić information content (AvgIpc) is 2.53. The summed E-state index contributed by atoms with van der Waals surface area (Å²) in [5.41, 5.74) is 0.960. The number of carbonyl (C=O) groups excluding carboxylic acids is 1. The van der Waals surface area contributed by atoms with Crippen molar-refractivity contribution in [3.8, 4) is 0 Å². The fourth-order valence-electron chi connectivity index (χ4n) is 1.84. The molecule has 4 nitrogen and oxygen atoms in total. The summed E-state index contributed by atoms with van der Waals surface area (Å²) >= 11 is 0. The van der Waals surface area contributed by atoms with Crippen LogP contribution in [0.15, 0.2) is 48.5 Å². The minimum Gasteiger partial charge on any atom is -0.474 e. The summed E-state index contributed by atoms with van der Waals surface area (Å²) in [6.45, 7) is 0. The van der Waals surface area contributed by atoms with Gasteiger partial charge in [0.15, 0.2) is 0 Å². The zero-order valence-electron chi connectivity index (χ0n) is 12.2. The zero-order valence-corrected chi connectivity index (χ0v) is 12.2. The molecule has 2 aromatic carbocycles. The number of anilines is 1. The Balaban J connectivity index is 2.04. The van der Waals surface area contributed by atoms with Crippen LogP contribution in [0.4, 0.5) is 18.9 Å². The first kappa shape index (κ1) is 17.3. The van der Waals surface area contributed by atoms with E-state index in [-0.39, 0.29) is 0 Å². The number of aliphatic carboxylic acids is 1. The number of hydrogen-bond acceptors (Lipinski definition) is 2. The first-order chi connectivity index (χ1) is 11.3. The maximum absolute atomic E-state index is 12.5. The van der Waals surface area contributed by atoms with Gasteiger partial charge in [-0.15, -0.1) is 0 Å². The predicted octanol–water partition coefficient (Wildman–Crippen LogP) is 3.90. The number of carboxylic acids is 1. The monoisotopic (exact) mass is 335 g/mol. The molecule has 24 heavy (non-hydrogen) atoms. The van der Waals surface area contributed by atoms with Crippen molar-refractivity contribution >= 4 is 29.7 Å². The molecule has 1 amide bonds. The van der Waals surface area contributed by atoms with Crippen molar-refractivity contribution in [2.24, 2.45) is 0 Å². The van der Waals surface area contributed by atoms with Crippen molar-refractivity contribution in [1.82, 2.24) is 0 Å². The molecule has 0 aromatic heterocycles. The Morgan fingerprint density at radius 2 is 1.33 bits per heavy atom. The highest BCUT2D eigenvalue weighted by molar-refractivity contribution is 6.36. The normalized spacial score (nSPS) is 11.5. The molecular formula is C17H12F3NO3. The van der Waals surface area contributed by atoms with E-state index in [1.807, 2.05) is 0 Å². The standard InChI is InChI=1S/C17H12F3NO3/c18-17(19,20)13-7-3-11(4-8-13)1-2-12-5-9-14(10-6-12)21-15(22)16(23)24/h1-10H,(H,21,22)(H,23,24). The fraction of sp³-hybridized carbons (Fsp3) is 0.0588. The largest absolute Gasteiger partial charge is 0.474 e. The maximum atomic E-state index is 12.5. The lowest BCUT2D eigenvalue weighted by Gasteiger charge is -2.06. The van der Waals surface area contributed by atoms with Gasteiger partial charge in [0, 0.05) is 5.69 Å². The van der Waals surface area contributed by atoms with Gasteiger partial charge in [0.05, 0.1) is 5.56 Å². The average molecular weight is 335 g/mol. The van der Waals surface area contributed by atoms with Gasteiger partial charge in [-0.05, 0) is 35.4 Å². The Morgan fingerprint density at radius 3 is 1.75 bits per heavy atom. The van der Waals surface area contributed by atoms with Crippen molar-refractivity contribution in [1.29, 1.82) is 0 Å². The molecule has 0 aliphatic rings. The fourth-order valence-corrected chi connectivity index (χ4v) is 1.84. The number of amides is 1. The van der Waals surface area contributed by atoms with Gasteiger partial charge in [0.1, 0.15) is 0 Å². The van der Waals surface area contributed by atoms with Gasteiger partial charge >= 0.3 is 18.1 Å². The molecule has 0 radical (unpaired) electrons. The topological polar surface area (TPSA) is 66.4 Å². The molecule has 0 spiro atoms. The Bertz CT molecular complexity index is 763. The molecule has 0 unspecified atom stereocenters. The first-order valence-corrected chi connectivity index (χ1v) is 6.75. The molecule has 0 heterocycles. The van der Waals surface area contributed by atoms with Crippen molar-refractivity contribution in [2.75, 3.05) is 5.32 Å². The summed E-state index contributed by atoms with van der Waals surface area (Å²) in [6.07, 6.45) is -1.03. The molecule has 0 atom stereocenters. The van der Waals surface area contributed by atoms with E-state index in [2.05, 4.69) is 5.32 Å². The van der Waals surface area contributed by atoms with Gasteiger partial charge < -0.3 is 10.4 Å². The SMILES string of the molecule is O=C(O)C(=O)Nc1ccc(C=Cc2ccc(C(F)(F)F)cc2)cc1. The smallest absolute Gasteiger partial charge is 0.416 e. The minimum atomic E-state index is -4.36. The molecule has 124 valence electrons. The lowest BCUT2D eigenvalue weighted by molar-refractivity contribution is -0.147. The highest BCUT2D eigenvalue weighted by Crippen LogP contribution is 2.29. The molecule has 2 N–H and O–H groups in total. The van der Waals surface area contributed by atoms with Crippen LogP contribution in [0.1, 0.15) is 16.7 Å². The Morgan fingerprint density at radius 1 is 0.875 bits per heavy atom. The van der Waals surface area contributed by atoms with Crippen LogP contribution in [0.3, 0.4) is 0 Å². The van der Waals surface area contributed by atoms with Crippen molar-refractivity contribution in [2.45, 2.75) is 6.18 Å². The van der Waals surface area contributed by atoms with E-state index >= 15 is 0 Å². The molecule has 2 rings (SSSR count). The van der Waals surface area contributed by atoms with Gasteiger partial charge in [-0.25, -0.2) is 4.79 Å². The summed E-state index contributed by atoms with van der Waals surface area (Å²) in [5.74, 6) is -2.72. The van der Waals surface area contributed by atoms with E-state index in [0.717, 1.165) is 17.7 Å². The quantitative estimate of drug-likeness (QED) is 0.660. The number of carboxylic acid groups (broad SMARTS) is 1. The number of rotatable bonds is 3. The Labute approximate surface area is 135 Å². The zero-order chi connectivity index (χ0) is 17.7. The van der Waals surface area contributed by atoms with E-state index < -0.39 is 23.6 Å². The summed E-state index contributed by atoms with van der Waals surface area (Å²) in [6, 6.07) is 11.0. The molecule has 0 aliphatic heterocycles. The Kier molecular flexibility index (Phi) is 5.03. The van der Waals surface area contributed by atoms with Crippen molar-refractivity contribution in [3.05, 3.63) is 65.2 Å². The molecular weight excluding hydrogens is 323 g/mol. The summed E-state index contributed by atoms with van der Waals surface area (Å²) in [5, 5.41) is 10.7. The number of halogens is 3. The third-order valence-corrected chi connectivity index (χ3v) is 3.07. The predicted molar refractivity (Wildman–Crippen MR) is 83.1 cm³/mol. The van der Waals surface area contributed by atoms with Crippen LogP contribution >= 0.6 is 0 Å². The molecule has 0 bridgehead atoms. The number of benzene rings is 2. The summed E-state index contributed by atoms with van der Waals surface area (Å²) < 4.78 is 37.4. The summed E-state index contributed by atoms with van der Waals surface area (Å²) in [7, 11) is 0. The van der Waals surface area contributed by atoms with Crippen LogP contribution in [0.25, 0.3) is 12.2 Å². The van der Waals surface area contributed by atoms with Gasteiger partial charge in [-0.2, -0.15) is 13.2 Å². The number of nitrogens with one attached hydrogen (secondary N) is 1. The highest BCUT2D eigenvalue weighted by Gasteiger charge is 2.29. The van der Waals surface area contributed by atoms with Gasteiger partial charge in [-0.1, -0.05) is 36.4 Å². The summed E-state index contributed by atoms with van der Waals surface area (Å²) in [4.78, 5) is 21.4. The van der Waals surface area contributed by atoms with E-state index in [0.29, 0.717) is 11.3 Å². The van der Waals surface area contributed by atoms with Crippen LogP contribution in [0.2, 0.25) is 0 Å². The van der Waals surface area contributed by atoms with Crippen LogP contribution in [-0.4, -0.2) is 17.0 Å². The van der Waals surface area contributed by atoms with Crippen LogP contribution in [-0.2, 0) is 15.8 Å². The van der Waals surface area contributed by atoms with Crippen LogP contribution in [0, 0.1) is 0 Å². The van der Waals surface area contributed by atoms with E-state index in [1.165, 1.54) is 24.3 Å². The highest BCUT2D eigenvalue weighted by atomic mass is 19.4. The molecule has 0 aliphatic carbocycles. The number of hydrogen-bond donors (Lipinski definition) is 2. The van der Waals surface area contributed by atoms with Crippen molar-refractivity contribution < 1.29 is 27.9 Å². The third-order valence-electron chi connectivity index (χ3n) is 3.07. The molecule has 7 heteroatoms. The second-order valence-corrected chi connectivity index (χ2v) is 4.83. The number of carbonyl (C=O) groups is 2. The third kappa shape index (κ3) is 4.70. The minimum absolute atomic E-state index is 0.328. The maximum Gasteiger partial charge on any atom is 0.416 e. The van der Waals surface area contributed by atoms with Crippen LogP contribution < -0.4 is 5.32 Å². The van der Waals surface area contributed by atoms with Gasteiger partial charge in [0.2, 0.25) is 0 Å². The molecule has 0 saturated carbocycles. The van der Waals surface area contributed by atoms with E-state index in [9.17, 15) is 22.8 Å². The second kappa shape index (κ2) is 6.99. The Hall–Kier alpha value is -3.09. The molecule has 2 aromatic rings. The van der Waals surface area contributed by atoms with Gasteiger partial charge in [-0.3, -0.25) is 4.79 Å². The molecule has 0 fully saturated rings. The van der Waals surface area contributed by atoms with Crippen molar-refractivity contribution in [3.63, 3.8) is 0 Å². The van der Waals surface area contributed by atoms with E-state index in [1.54, 1.807) is 24.3 Å². The second-order valence-electron chi connectivity index (χ2n) is 4.83.